The summed E-state index contributed by atoms with van der Waals surface area (Å²) in [6, 6.07) is 10.1. The Balaban J connectivity index is 2.32. The molecule has 1 rings (SSSR count). The molecule has 0 heterocycles. The lowest BCUT2D eigenvalue weighted by Crippen LogP contribution is -2.13. The fourth-order valence-corrected chi connectivity index (χ4v) is 1.34. The maximum atomic E-state index is 8.78. The van der Waals surface area contributed by atoms with Crippen molar-refractivity contribution >= 4 is 0 Å². The highest BCUT2D eigenvalue weighted by molar-refractivity contribution is 5.13. The van der Waals surface area contributed by atoms with E-state index in [-0.39, 0.29) is 12.7 Å². The number of ether oxygens (including phenoxy) is 1. The summed E-state index contributed by atoms with van der Waals surface area (Å²) in [4.78, 5) is 0. The monoisotopic (exact) mass is 194 g/mol. The Kier molecular flexibility index (Phi) is 5.27. The van der Waals surface area contributed by atoms with E-state index in [1.165, 1.54) is 5.56 Å². The van der Waals surface area contributed by atoms with Crippen molar-refractivity contribution in [1.82, 2.24) is 0 Å². The second kappa shape index (κ2) is 6.57. The van der Waals surface area contributed by atoms with Crippen LogP contribution in [0.25, 0.3) is 0 Å². The number of aliphatic hydroxyl groups excluding tert-OH is 1. The minimum atomic E-state index is 0.181. The first-order valence-corrected chi connectivity index (χ1v) is 5.13. The number of rotatable bonds is 6. The number of benzene rings is 1. The summed E-state index contributed by atoms with van der Waals surface area (Å²) in [6.07, 6.45) is 1.86. The summed E-state index contributed by atoms with van der Waals surface area (Å²) >= 11 is 0. The average Bonchev–Trinajstić information content (AvgIpc) is 2.25. The van der Waals surface area contributed by atoms with Crippen molar-refractivity contribution < 1.29 is 9.84 Å². The fourth-order valence-electron chi connectivity index (χ4n) is 1.34. The highest BCUT2D eigenvalue weighted by atomic mass is 16.5. The molecular formula is C12H18O2. The zero-order valence-corrected chi connectivity index (χ0v) is 8.65. The van der Waals surface area contributed by atoms with Gasteiger partial charge >= 0.3 is 0 Å². The third-order valence-electron chi connectivity index (χ3n) is 2.23. The molecule has 0 aromatic heterocycles. The predicted molar refractivity (Wildman–Crippen MR) is 57.0 cm³/mol. The van der Waals surface area contributed by atoms with E-state index in [1.807, 2.05) is 30.3 Å². The zero-order chi connectivity index (χ0) is 10.2. The number of aliphatic hydroxyl groups is 1. The molecule has 1 aromatic rings. The lowest BCUT2D eigenvalue weighted by molar-refractivity contribution is 0.0220. The van der Waals surface area contributed by atoms with Crippen LogP contribution < -0.4 is 0 Å². The maximum absolute atomic E-state index is 8.78. The van der Waals surface area contributed by atoms with Crippen molar-refractivity contribution in [1.29, 1.82) is 0 Å². The van der Waals surface area contributed by atoms with Crippen molar-refractivity contribution in [3.63, 3.8) is 0 Å². The van der Waals surface area contributed by atoms with Gasteiger partial charge in [-0.2, -0.15) is 0 Å². The van der Waals surface area contributed by atoms with Gasteiger partial charge in [0, 0.05) is 6.61 Å². The third kappa shape index (κ3) is 3.90. The van der Waals surface area contributed by atoms with Crippen molar-refractivity contribution in [3.8, 4) is 0 Å². The number of hydrogen-bond donors (Lipinski definition) is 1. The Hall–Kier alpha value is -0.860. The molecule has 1 aromatic carbocycles. The summed E-state index contributed by atoms with van der Waals surface area (Å²) in [5, 5.41) is 8.78. The van der Waals surface area contributed by atoms with Crippen LogP contribution >= 0.6 is 0 Å². The van der Waals surface area contributed by atoms with Crippen LogP contribution in [-0.4, -0.2) is 17.8 Å². The minimum absolute atomic E-state index is 0.181. The van der Waals surface area contributed by atoms with Gasteiger partial charge in [0.05, 0.1) is 12.7 Å². The normalized spacial score (nSPS) is 12.7. The highest BCUT2D eigenvalue weighted by Crippen LogP contribution is 2.08. The maximum Gasteiger partial charge on any atom is 0.0720 e. The first-order valence-electron chi connectivity index (χ1n) is 5.13. The van der Waals surface area contributed by atoms with Crippen LogP contribution in [0, 0.1) is 0 Å². The van der Waals surface area contributed by atoms with Gasteiger partial charge < -0.3 is 9.84 Å². The van der Waals surface area contributed by atoms with E-state index in [2.05, 4.69) is 6.92 Å². The standard InChI is InChI=1S/C12H18O2/c1-2-12(8-9-13)14-10-11-6-4-3-5-7-11/h3-7,12-13H,2,8-10H2,1H3/t12-/m0/s1. The molecule has 0 saturated carbocycles. The van der Waals surface area contributed by atoms with E-state index >= 15 is 0 Å². The molecule has 0 amide bonds. The second-order valence-corrected chi connectivity index (χ2v) is 3.34. The molecule has 0 aliphatic heterocycles. The van der Waals surface area contributed by atoms with E-state index in [4.69, 9.17) is 9.84 Å². The van der Waals surface area contributed by atoms with Crippen molar-refractivity contribution in [2.45, 2.75) is 32.5 Å². The Morgan fingerprint density at radius 1 is 1.29 bits per heavy atom. The third-order valence-corrected chi connectivity index (χ3v) is 2.23. The van der Waals surface area contributed by atoms with Crippen LogP contribution in [-0.2, 0) is 11.3 Å². The van der Waals surface area contributed by atoms with Gasteiger partial charge in [0.25, 0.3) is 0 Å². The first-order chi connectivity index (χ1) is 6.86. The Morgan fingerprint density at radius 3 is 2.57 bits per heavy atom. The largest absolute Gasteiger partial charge is 0.396 e. The molecule has 2 nitrogen and oxygen atoms in total. The minimum Gasteiger partial charge on any atom is -0.396 e. The molecule has 1 N–H and O–H groups in total. The van der Waals surface area contributed by atoms with Crippen molar-refractivity contribution in [2.75, 3.05) is 6.61 Å². The summed E-state index contributed by atoms with van der Waals surface area (Å²) < 4.78 is 5.66. The van der Waals surface area contributed by atoms with E-state index < -0.39 is 0 Å². The van der Waals surface area contributed by atoms with Gasteiger partial charge in [-0.05, 0) is 18.4 Å². The molecule has 1 atom stereocenters. The SMILES string of the molecule is CC[C@@H](CCO)OCc1ccccc1. The molecule has 0 saturated heterocycles. The van der Waals surface area contributed by atoms with Crippen molar-refractivity contribution in [2.24, 2.45) is 0 Å². The van der Waals surface area contributed by atoms with E-state index in [1.54, 1.807) is 0 Å². The van der Waals surface area contributed by atoms with Gasteiger partial charge in [-0.3, -0.25) is 0 Å². The molecule has 14 heavy (non-hydrogen) atoms. The molecule has 0 unspecified atom stereocenters. The zero-order valence-electron chi connectivity index (χ0n) is 8.65. The van der Waals surface area contributed by atoms with Crippen LogP contribution in [0.2, 0.25) is 0 Å². The summed E-state index contributed by atoms with van der Waals surface area (Å²) in [5.41, 5.74) is 1.18. The molecule has 0 fully saturated rings. The van der Waals surface area contributed by atoms with Gasteiger partial charge in [0.15, 0.2) is 0 Å². The molecular weight excluding hydrogens is 176 g/mol. The Bertz CT molecular complexity index is 233. The summed E-state index contributed by atoms with van der Waals surface area (Å²) in [6.45, 7) is 2.91. The van der Waals surface area contributed by atoms with Crippen LogP contribution in [0.5, 0.6) is 0 Å². The van der Waals surface area contributed by atoms with Gasteiger partial charge in [0.1, 0.15) is 0 Å². The first kappa shape index (κ1) is 11.2. The fraction of sp³-hybridized carbons (Fsp3) is 0.500. The molecule has 0 aliphatic carbocycles. The molecule has 0 spiro atoms. The molecule has 0 aliphatic rings. The van der Waals surface area contributed by atoms with E-state index in [0.717, 1.165) is 12.8 Å². The topological polar surface area (TPSA) is 29.5 Å². The smallest absolute Gasteiger partial charge is 0.0720 e. The quantitative estimate of drug-likeness (QED) is 0.753. The molecule has 0 radical (unpaired) electrons. The second-order valence-electron chi connectivity index (χ2n) is 3.34. The molecule has 0 bridgehead atoms. The van der Waals surface area contributed by atoms with Crippen LogP contribution in [0.15, 0.2) is 30.3 Å². The summed E-state index contributed by atoms with van der Waals surface area (Å²) in [7, 11) is 0. The molecule has 2 heteroatoms. The van der Waals surface area contributed by atoms with Crippen molar-refractivity contribution in [3.05, 3.63) is 35.9 Å². The lowest BCUT2D eigenvalue weighted by atomic mass is 10.2. The van der Waals surface area contributed by atoms with E-state index in [9.17, 15) is 0 Å². The molecule has 78 valence electrons. The van der Waals surface area contributed by atoms with Gasteiger partial charge in [-0.1, -0.05) is 37.3 Å². The summed E-state index contributed by atoms with van der Waals surface area (Å²) in [5.74, 6) is 0. The van der Waals surface area contributed by atoms with Gasteiger partial charge in [0.2, 0.25) is 0 Å². The Morgan fingerprint density at radius 2 is 2.00 bits per heavy atom. The highest BCUT2D eigenvalue weighted by Gasteiger charge is 2.05. The predicted octanol–water partition coefficient (Wildman–Crippen LogP) is 2.36. The number of hydrogen-bond acceptors (Lipinski definition) is 2. The van der Waals surface area contributed by atoms with Crippen LogP contribution in [0.1, 0.15) is 25.3 Å². The lowest BCUT2D eigenvalue weighted by Gasteiger charge is -2.14. The van der Waals surface area contributed by atoms with Gasteiger partial charge in [-0.25, -0.2) is 0 Å². The average molecular weight is 194 g/mol. The van der Waals surface area contributed by atoms with Crippen LogP contribution in [0.4, 0.5) is 0 Å². The van der Waals surface area contributed by atoms with Gasteiger partial charge in [-0.15, -0.1) is 0 Å². The van der Waals surface area contributed by atoms with E-state index in [0.29, 0.717) is 6.61 Å². The van der Waals surface area contributed by atoms with Crippen LogP contribution in [0.3, 0.4) is 0 Å². The Labute approximate surface area is 85.5 Å².